The molecule has 0 aliphatic rings. The van der Waals surface area contributed by atoms with Gasteiger partial charge in [-0.2, -0.15) is 0 Å². The van der Waals surface area contributed by atoms with Crippen LogP contribution < -0.4 is 0 Å². The van der Waals surface area contributed by atoms with Gasteiger partial charge in [-0.05, 0) is 32.0 Å². The quantitative estimate of drug-likeness (QED) is 0.438. The summed E-state index contributed by atoms with van der Waals surface area (Å²) in [5.41, 5.74) is 3.52. The SMILES string of the molecule is COCCn1c(C)cc(C(=O)COC(=O)c2ccc(-c3cnco3)cc2)c1C. The Hall–Kier alpha value is -3.19. The number of methoxy groups -OCH3 is 1. The van der Waals surface area contributed by atoms with Crippen molar-refractivity contribution in [1.82, 2.24) is 9.55 Å². The van der Waals surface area contributed by atoms with Gasteiger partial charge in [0.1, 0.15) is 0 Å². The lowest BCUT2D eigenvalue weighted by Gasteiger charge is -2.09. The Morgan fingerprint density at radius 1 is 1.18 bits per heavy atom. The van der Waals surface area contributed by atoms with E-state index in [4.69, 9.17) is 13.9 Å². The van der Waals surface area contributed by atoms with Crippen LogP contribution in [-0.2, 0) is 16.0 Å². The van der Waals surface area contributed by atoms with Crippen LogP contribution in [0.3, 0.4) is 0 Å². The van der Waals surface area contributed by atoms with Crippen molar-refractivity contribution in [2.45, 2.75) is 20.4 Å². The highest BCUT2D eigenvalue weighted by Gasteiger charge is 2.18. The number of hydrogen-bond acceptors (Lipinski definition) is 6. The Kier molecular flexibility index (Phi) is 6.06. The molecule has 1 aromatic carbocycles. The van der Waals surface area contributed by atoms with E-state index in [1.807, 2.05) is 24.5 Å². The molecule has 2 aromatic heterocycles. The molecule has 0 saturated heterocycles. The highest BCUT2D eigenvalue weighted by molar-refractivity contribution is 6.00. The number of oxazole rings is 1. The second kappa shape index (κ2) is 8.67. The maximum absolute atomic E-state index is 12.5. The fraction of sp³-hybridized carbons (Fsp3) is 0.286. The number of esters is 1. The molecule has 0 saturated carbocycles. The van der Waals surface area contributed by atoms with E-state index in [0.29, 0.717) is 30.0 Å². The van der Waals surface area contributed by atoms with Crippen LogP contribution in [0.4, 0.5) is 0 Å². The van der Waals surface area contributed by atoms with Gasteiger partial charge in [0.05, 0.1) is 18.4 Å². The lowest BCUT2D eigenvalue weighted by atomic mass is 10.1. The fourth-order valence-electron chi connectivity index (χ4n) is 3.03. The molecule has 0 spiro atoms. The Morgan fingerprint density at radius 3 is 2.57 bits per heavy atom. The summed E-state index contributed by atoms with van der Waals surface area (Å²) in [6.45, 7) is 4.72. The Labute approximate surface area is 162 Å². The topological polar surface area (TPSA) is 83.6 Å². The predicted molar refractivity (Wildman–Crippen MR) is 102 cm³/mol. The first kappa shape index (κ1) is 19.6. The number of Topliss-reactive ketones (excluding diaryl/α,β-unsaturated/α-hetero) is 1. The number of benzene rings is 1. The third-order valence-electron chi connectivity index (χ3n) is 4.56. The summed E-state index contributed by atoms with van der Waals surface area (Å²) in [4.78, 5) is 28.6. The maximum Gasteiger partial charge on any atom is 0.338 e. The van der Waals surface area contributed by atoms with E-state index in [1.54, 1.807) is 37.6 Å². The number of ether oxygens (including phenoxy) is 2. The summed E-state index contributed by atoms with van der Waals surface area (Å²) in [5, 5.41) is 0. The number of nitrogens with zero attached hydrogens (tertiary/aromatic N) is 2. The molecule has 0 fully saturated rings. The molecule has 3 aromatic rings. The molecule has 146 valence electrons. The molecule has 0 atom stereocenters. The largest absolute Gasteiger partial charge is 0.454 e. The van der Waals surface area contributed by atoms with Gasteiger partial charge in [-0.3, -0.25) is 4.79 Å². The van der Waals surface area contributed by atoms with E-state index < -0.39 is 5.97 Å². The highest BCUT2D eigenvalue weighted by Crippen LogP contribution is 2.20. The van der Waals surface area contributed by atoms with Crippen molar-refractivity contribution in [3.8, 4) is 11.3 Å². The molecule has 7 nitrogen and oxygen atoms in total. The molecule has 0 amide bonds. The molecule has 0 unspecified atom stereocenters. The standard InChI is InChI=1S/C21H22N2O5/c1-14-10-18(15(2)23(14)8-9-26-3)19(24)12-27-21(25)17-6-4-16(5-7-17)20-11-22-13-28-20/h4-7,10-11,13H,8-9,12H2,1-3H3. The normalized spacial score (nSPS) is 10.8. The van der Waals surface area contributed by atoms with Gasteiger partial charge in [0.2, 0.25) is 5.78 Å². The van der Waals surface area contributed by atoms with Crippen molar-refractivity contribution in [2.75, 3.05) is 20.3 Å². The second-order valence-corrected chi connectivity index (χ2v) is 6.37. The Morgan fingerprint density at radius 2 is 1.93 bits per heavy atom. The van der Waals surface area contributed by atoms with Crippen LogP contribution in [0.5, 0.6) is 0 Å². The van der Waals surface area contributed by atoms with Crippen molar-refractivity contribution in [1.29, 1.82) is 0 Å². The summed E-state index contributed by atoms with van der Waals surface area (Å²) in [5.74, 6) is -0.173. The van der Waals surface area contributed by atoms with Crippen LogP contribution in [0.15, 0.2) is 47.3 Å². The summed E-state index contributed by atoms with van der Waals surface area (Å²) < 4.78 is 17.5. The molecule has 0 aliphatic carbocycles. The van der Waals surface area contributed by atoms with Crippen LogP contribution in [0.1, 0.15) is 32.1 Å². The third kappa shape index (κ3) is 4.20. The predicted octanol–water partition coefficient (Wildman–Crippen LogP) is 3.45. The monoisotopic (exact) mass is 382 g/mol. The smallest absolute Gasteiger partial charge is 0.338 e. The molecular weight excluding hydrogens is 360 g/mol. The van der Waals surface area contributed by atoms with Crippen LogP contribution in [-0.4, -0.2) is 41.6 Å². The van der Waals surface area contributed by atoms with Gasteiger partial charge in [-0.15, -0.1) is 0 Å². The van der Waals surface area contributed by atoms with Crippen LogP contribution >= 0.6 is 0 Å². The summed E-state index contributed by atoms with van der Waals surface area (Å²) >= 11 is 0. The van der Waals surface area contributed by atoms with E-state index in [9.17, 15) is 9.59 Å². The lowest BCUT2D eigenvalue weighted by Crippen LogP contribution is -2.15. The number of rotatable bonds is 8. The van der Waals surface area contributed by atoms with Gasteiger partial charge in [0, 0.05) is 36.2 Å². The molecule has 2 heterocycles. The number of carbonyl (C=O) groups excluding carboxylic acids is 2. The van der Waals surface area contributed by atoms with Crippen LogP contribution in [0, 0.1) is 13.8 Å². The first-order valence-corrected chi connectivity index (χ1v) is 8.86. The molecule has 28 heavy (non-hydrogen) atoms. The van der Waals surface area contributed by atoms with Crippen molar-refractivity contribution < 1.29 is 23.5 Å². The van der Waals surface area contributed by atoms with Gasteiger partial charge in [-0.25, -0.2) is 9.78 Å². The third-order valence-corrected chi connectivity index (χ3v) is 4.56. The second-order valence-electron chi connectivity index (χ2n) is 6.37. The van der Waals surface area contributed by atoms with Crippen molar-refractivity contribution >= 4 is 11.8 Å². The van der Waals surface area contributed by atoms with E-state index in [-0.39, 0.29) is 12.4 Å². The summed E-state index contributed by atoms with van der Waals surface area (Å²) in [6, 6.07) is 8.54. The number of aromatic nitrogens is 2. The van der Waals surface area contributed by atoms with Crippen molar-refractivity contribution in [3.63, 3.8) is 0 Å². The minimum absolute atomic E-state index is 0.233. The van der Waals surface area contributed by atoms with Crippen LogP contribution in [0.2, 0.25) is 0 Å². The zero-order valence-corrected chi connectivity index (χ0v) is 16.1. The number of aryl methyl sites for hydroxylation is 1. The van der Waals surface area contributed by atoms with E-state index >= 15 is 0 Å². The fourth-order valence-corrected chi connectivity index (χ4v) is 3.03. The first-order valence-electron chi connectivity index (χ1n) is 8.86. The average Bonchev–Trinajstić information content (AvgIpc) is 3.33. The van der Waals surface area contributed by atoms with Gasteiger partial charge < -0.3 is 18.5 Å². The average molecular weight is 382 g/mol. The maximum atomic E-state index is 12.5. The zero-order chi connectivity index (χ0) is 20.1. The van der Waals surface area contributed by atoms with Crippen molar-refractivity contribution in [3.05, 3.63) is 65.4 Å². The summed E-state index contributed by atoms with van der Waals surface area (Å²) in [6.07, 6.45) is 2.93. The van der Waals surface area contributed by atoms with E-state index in [0.717, 1.165) is 17.0 Å². The highest BCUT2D eigenvalue weighted by atomic mass is 16.5. The van der Waals surface area contributed by atoms with Gasteiger partial charge in [0.15, 0.2) is 18.8 Å². The minimum Gasteiger partial charge on any atom is -0.454 e. The van der Waals surface area contributed by atoms with Crippen LogP contribution in [0.25, 0.3) is 11.3 Å². The molecule has 0 radical (unpaired) electrons. The zero-order valence-electron chi connectivity index (χ0n) is 16.1. The molecule has 3 rings (SSSR count). The molecule has 7 heteroatoms. The number of carbonyl (C=O) groups is 2. The molecule has 0 bridgehead atoms. The van der Waals surface area contributed by atoms with Gasteiger partial charge in [-0.1, -0.05) is 12.1 Å². The number of ketones is 1. The Bertz CT molecular complexity index is 956. The minimum atomic E-state index is -0.550. The summed E-state index contributed by atoms with van der Waals surface area (Å²) in [7, 11) is 1.64. The molecule has 0 aliphatic heterocycles. The Balaban J connectivity index is 1.62. The van der Waals surface area contributed by atoms with Crippen molar-refractivity contribution in [2.24, 2.45) is 0 Å². The number of hydrogen-bond donors (Lipinski definition) is 0. The van der Waals surface area contributed by atoms with Gasteiger partial charge >= 0.3 is 5.97 Å². The lowest BCUT2D eigenvalue weighted by molar-refractivity contribution is 0.0474. The van der Waals surface area contributed by atoms with Gasteiger partial charge in [0.25, 0.3) is 0 Å². The molecular formula is C21H22N2O5. The van der Waals surface area contributed by atoms with E-state index in [1.165, 1.54) is 6.39 Å². The van der Waals surface area contributed by atoms with E-state index in [2.05, 4.69) is 4.98 Å². The molecule has 0 N–H and O–H groups in total. The first-order chi connectivity index (χ1) is 13.5.